The number of carbonyl (C=O) groups is 2. The first-order valence-electron chi connectivity index (χ1n) is 7.04. The van der Waals surface area contributed by atoms with E-state index in [1.165, 1.54) is 0 Å². The molecule has 0 aromatic heterocycles. The molecule has 1 aliphatic carbocycles. The van der Waals surface area contributed by atoms with Crippen LogP contribution >= 0.6 is 22.6 Å². The topological polar surface area (TPSA) is 52.6 Å². The van der Waals surface area contributed by atoms with Crippen LogP contribution in [0.5, 0.6) is 0 Å². The van der Waals surface area contributed by atoms with Crippen LogP contribution in [0.2, 0.25) is 0 Å². The molecule has 0 radical (unpaired) electrons. The number of carbonyl (C=O) groups excluding carboxylic acids is 2. The quantitative estimate of drug-likeness (QED) is 0.314. The zero-order chi connectivity index (χ0) is 14.7. The molecule has 3 rings (SSSR count). The number of hydrogen-bond donors (Lipinski definition) is 0. The monoisotopic (exact) mass is 390 g/mol. The lowest BCUT2D eigenvalue weighted by atomic mass is 9.59. The molecule has 110 valence electrons. The Morgan fingerprint density at radius 1 is 1.45 bits per heavy atom. The highest BCUT2D eigenvalue weighted by molar-refractivity contribution is 14.1. The van der Waals surface area contributed by atoms with E-state index in [2.05, 4.69) is 29.5 Å². The Bertz CT molecular complexity index is 512. The Hall–Kier alpha value is -0.430. The minimum Gasteiger partial charge on any atom is -0.457 e. The normalized spacial score (nSPS) is 43.9. The molecule has 0 spiro atoms. The van der Waals surface area contributed by atoms with Gasteiger partial charge in [0.05, 0.1) is 12.7 Å². The lowest BCUT2D eigenvalue weighted by Gasteiger charge is -2.44. The van der Waals surface area contributed by atoms with Gasteiger partial charge in [0.25, 0.3) is 0 Å². The second-order valence-electron chi connectivity index (χ2n) is 6.38. The Kier molecular flexibility index (Phi) is 3.48. The van der Waals surface area contributed by atoms with Gasteiger partial charge in [-0.05, 0) is 30.8 Å². The maximum Gasteiger partial charge on any atom is 0.342 e. The molecule has 5 heteroatoms. The van der Waals surface area contributed by atoms with Gasteiger partial charge < -0.3 is 9.47 Å². The molecule has 5 atom stereocenters. The summed E-state index contributed by atoms with van der Waals surface area (Å²) in [7, 11) is 0. The first kappa shape index (κ1) is 14.5. The molecule has 1 saturated carbocycles. The smallest absolute Gasteiger partial charge is 0.342 e. The van der Waals surface area contributed by atoms with Crippen molar-refractivity contribution in [1.82, 2.24) is 0 Å². The third-order valence-corrected chi connectivity index (χ3v) is 7.30. The lowest BCUT2D eigenvalue weighted by molar-refractivity contribution is -0.140. The minimum atomic E-state index is -0.529. The van der Waals surface area contributed by atoms with E-state index < -0.39 is 11.4 Å². The molecule has 1 saturated heterocycles. The van der Waals surface area contributed by atoms with Crippen LogP contribution in [0.15, 0.2) is 11.1 Å². The van der Waals surface area contributed by atoms with Gasteiger partial charge in [0.15, 0.2) is 5.78 Å². The molecule has 0 aromatic carbocycles. The van der Waals surface area contributed by atoms with Gasteiger partial charge in [0, 0.05) is 9.34 Å². The van der Waals surface area contributed by atoms with Gasteiger partial charge in [0.1, 0.15) is 12.2 Å². The Morgan fingerprint density at radius 2 is 2.15 bits per heavy atom. The molecular weight excluding hydrogens is 371 g/mol. The largest absolute Gasteiger partial charge is 0.457 e. The number of rotatable bonds is 2. The zero-order valence-corrected chi connectivity index (χ0v) is 14.1. The van der Waals surface area contributed by atoms with Crippen LogP contribution in [0.4, 0.5) is 0 Å². The fourth-order valence-electron chi connectivity index (χ4n) is 3.76. The van der Waals surface area contributed by atoms with Gasteiger partial charge >= 0.3 is 5.97 Å². The second kappa shape index (κ2) is 4.80. The molecule has 2 heterocycles. The van der Waals surface area contributed by atoms with E-state index >= 15 is 0 Å². The maximum atomic E-state index is 13.1. The number of fused-ring (bicyclic) bond motifs is 2. The number of esters is 1. The molecule has 20 heavy (non-hydrogen) atoms. The Labute approximate surface area is 132 Å². The fraction of sp³-hybridized carbons (Fsp3) is 0.733. The molecule has 2 fully saturated rings. The highest BCUT2D eigenvalue weighted by Gasteiger charge is 2.58. The lowest BCUT2D eigenvalue weighted by Crippen LogP contribution is -2.51. The van der Waals surface area contributed by atoms with Crippen LogP contribution in [0.3, 0.4) is 0 Å². The molecule has 0 unspecified atom stereocenters. The van der Waals surface area contributed by atoms with Crippen LogP contribution < -0.4 is 0 Å². The standard InChI is InChI=1S/C15H19IO4/c1-7-5-20-14(18)11(7)13(17)15(3)8(2)12(16)10-4-9(15)6-19-10/h8-10,12H,4-6H2,1-3H3/t8-,9-,10-,12-,15-/m1/s1. The number of cyclic esters (lactones) is 1. The van der Waals surface area contributed by atoms with Crippen LogP contribution in [0.25, 0.3) is 0 Å². The van der Waals surface area contributed by atoms with Gasteiger partial charge in [0.2, 0.25) is 0 Å². The molecule has 0 amide bonds. The van der Waals surface area contributed by atoms with Gasteiger partial charge in [-0.1, -0.05) is 36.4 Å². The Balaban J connectivity index is 2.01. The summed E-state index contributed by atoms with van der Waals surface area (Å²) in [5.41, 5.74) is 0.520. The van der Waals surface area contributed by atoms with E-state index in [-0.39, 0.29) is 35.9 Å². The van der Waals surface area contributed by atoms with Crippen molar-refractivity contribution in [3.63, 3.8) is 0 Å². The first-order chi connectivity index (χ1) is 9.37. The van der Waals surface area contributed by atoms with Crippen molar-refractivity contribution in [2.45, 2.75) is 37.2 Å². The van der Waals surface area contributed by atoms with E-state index in [4.69, 9.17) is 9.47 Å². The average molecular weight is 390 g/mol. The fourth-order valence-corrected chi connectivity index (χ4v) is 5.01. The predicted molar refractivity (Wildman–Crippen MR) is 81.6 cm³/mol. The van der Waals surface area contributed by atoms with E-state index in [1.807, 2.05) is 13.8 Å². The maximum absolute atomic E-state index is 13.1. The summed E-state index contributed by atoms with van der Waals surface area (Å²) in [6.07, 6.45) is 1.17. The van der Waals surface area contributed by atoms with Crippen LogP contribution in [0, 0.1) is 17.3 Å². The third-order valence-electron chi connectivity index (χ3n) is 5.42. The second-order valence-corrected chi connectivity index (χ2v) is 7.82. The highest BCUT2D eigenvalue weighted by Crippen LogP contribution is 2.54. The van der Waals surface area contributed by atoms with Gasteiger partial charge in [-0.3, -0.25) is 4.79 Å². The van der Waals surface area contributed by atoms with E-state index in [0.717, 1.165) is 12.0 Å². The summed E-state index contributed by atoms with van der Waals surface area (Å²) in [4.78, 5) is 24.9. The number of halogens is 1. The summed E-state index contributed by atoms with van der Waals surface area (Å²) in [5.74, 6) is -0.0992. The van der Waals surface area contributed by atoms with Crippen molar-refractivity contribution in [1.29, 1.82) is 0 Å². The van der Waals surface area contributed by atoms with Crippen molar-refractivity contribution >= 4 is 34.3 Å². The van der Waals surface area contributed by atoms with Gasteiger partial charge in [-0.25, -0.2) is 4.79 Å². The van der Waals surface area contributed by atoms with Gasteiger partial charge in [-0.2, -0.15) is 0 Å². The van der Waals surface area contributed by atoms with Gasteiger partial charge in [-0.15, -0.1) is 0 Å². The van der Waals surface area contributed by atoms with Crippen LogP contribution in [-0.2, 0) is 19.1 Å². The zero-order valence-electron chi connectivity index (χ0n) is 11.9. The average Bonchev–Trinajstić information content (AvgIpc) is 3.00. The highest BCUT2D eigenvalue weighted by atomic mass is 127. The number of hydrogen-bond acceptors (Lipinski definition) is 4. The number of ether oxygens (including phenoxy) is 2. The van der Waals surface area contributed by atoms with Crippen molar-refractivity contribution in [2.24, 2.45) is 17.3 Å². The van der Waals surface area contributed by atoms with Crippen molar-refractivity contribution in [3.8, 4) is 0 Å². The summed E-state index contributed by atoms with van der Waals surface area (Å²) in [6, 6.07) is 0. The molecule has 2 aliphatic heterocycles. The van der Waals surface area contributed by atoms with Crippen LogP contribution in [-0.4, -0.2) is 35.0 Å². The SMILES string of the molecule is CC1=C(C(=O)[C@@]2(C)[C@H]3CO[C@H](C3)[C@H](I)[C@H]2C)C(=O)OC1. The number of Topliss-reactive ketones (excluding diaryl/α,β-unsaturated/α-hetero) is 1. The molecule has 0 aromatic rings. The minimum absolute atomic E-state index is 0.0411. The molecule has 2 bridgehead atoms. The van der Waals surface area contributed by atoms with Crippen molar-refractivity contribution in [3.05, 3.63) is 11.1 Å². The summed E-state index contributed by atoms with van der Waals surface area (Å²) >= 11 is 2.39. The summed E-state index contributed by atoms with van der Waals surface area (Å²) in [6.45, 7) is 6.80. The molecular formula is C15H19IO4. The van der Waals surface area contributed by atoms with Crippen molar-refractivity contribution < 1.29 is 19.1 Å². The molecule has 3 aliphatic rings. The van der Waals surface area contributed by atoms with E-state index in [1.54, 1.807) is 0 Å². The predicted octanol–water partition coefficient (Wildman–Crippen LogP) is 2.29. The van der Waals surface area contributed by atoms with Crippen LogP contribution in [0.1, 0.15) is 27.2 Å². The third kappa shape index (κ3) is 1.81. The number of ketones is 1. The summed E-state index contributed by atoms with van der Waals surface area (Å²) in [5, 5.41) is 0. The summed E-state index contributed by atoms with van der Waals surface area (Å²) < 4.78 is 11.1. The number of alkyl halides is 1. The van der Waals surface area contributed by atoms with E-state index in [9.17, 15) is 9.59 Å². The van der Waals surface area contributed by atoms with Crippen molar-refractivity contribution in [2.75, 3.05) is 13.2 Å². The Morgan fingerprint density at radius 3 is 2.75 bits per heavy atom. The first-order valence-corrected chi connectivity index (χ1v) is 8.29. The van der Waals surface area contributed by atoms with E-state index in [0.29, 0.717) is 10.5 Å². The molecule has 0 N–H and O–H groups in total. The molecule has 4 nitrogen and oxygen atoms in total.